The average Bonchev–Trinajstić information content (AvgIpc) is 2.14. The van der Waals surface area contributed by atoms with Crippen molar-refractivity contribution < 1.29 is 4.79 Å². The van der Waals surface area contributed by atoms with E-state index in [4.69, 9.17) is 0 Å². The van der Waals surface area contributed by atoms with Gasteiger partial charge in [-0.15, -0.1) is 11.8 Å². The van der Waals surface area contributed by atoms with Crippen LogP contribution in [0.5, 0.6) is 0 Å². The van der Waals surface area contributed by atoms with Crippen LogP contribution in [-0.4, -0.2) is 24.2 Å². The van der Waals surface area contributed by atoms with Gasteiger partial charge < -0.3 is 5.32 Å². The summed E-state index contributed by atoms with van der Waals surface area (Å²) < 4.78 is 0. The van der Waals surface area contributed by atoms with Gasteiger partial charge in [0, 0.05) is 0 Å². The van der Waals surface area contributed by atoms with Crippen LogP contribution >= 0.6 is 11.8 Å². The zero-order valence-corrected chi connectivity index (χ0v) is 5.42. The maximum atomic E-state index is 10.4. The normalized spacial score (nSPS) is 28.1. The number of rotatable bonds is 1. The predicted molar refractivity (Wildman–Crippen MR) is 33.4 cm³/mol. The van der Waals surface area contributed by atoms with Crippen molar-refractivity contribution in [1.29, 1.82) is 0 Å². The molecule has 0 aromatic rings. The van der Waals surface area contributed by atoms with Crippen LogP contribution in [0.2, 0.25) is 0 Å². The van der Waals surface area contributed by atoms with Crippen molar-refractivity contribution in [2.45, 2.75) is 5.50 Å². The third-order valence-corrected chi connectivity index (χ3v) is 1.73. The first kappa shape index (κ1) is 5.91. The summed E-state index contributed by atoms with van der Waals surface area (Å²) in [4.78, 5) is 10.4. The Balaban J connectivity index is 2.32. The smallest absolute Gasteiger partial charge is 0.235 e. The second kappa shape index (κ2) is 2.37. The summed E-state index contributed by atoms with van der Waals surface area (Å²) in [7, 11) is 0. The molecule has 1 aliphatic heterocycles. The summed E-state index contributed by atoms with van der Waals surface area (Å²) in [6.07, 6.45) is 1.95. The third-order valence-electron chi connectivity index (χ3n) is 0.976. The predicted octanol–water partition coefficient (Wildman–Crippen LogP) is -0.648. The maximum Gasteiger partial charge on any atom is 0.235 e. The minimum atomic E-state index is 0.0874. The molecule has 1 atom stereocenters. The van der Waals surface area contributed by atoms with Crippen molar-refractivity contribution in [3.8, 4) is 0 Å². The van der Waals surface area contributed by atoms with E-state index in [-0.39, 0.29) is 11.4 Å². The summed E-state index contributed by atoms with van der Waals surface area (Å²) in [6, 6.07) is 0. The summed E-state index contributed by atoms with van der Waals surface area (Å²) >= 11 is 1.59. The van der Waals surface area contributed by atoms with Gasteiger partial charge in [-0.1, -0.05) is 0 Å². The van der Waals surface area contributed by atoms with E-state index in [0.717, 1.165) is 0 Å². The molecular formula is C4H8N2OS. The molecule has 0 aromatic heterocycles. The van der Waals surface area contributed by atoms with Gasteiger partial charge in [0.15, 0.2) is 0 Å². The molecule has 0 spiro atoms. The van der Waals surface area contributed by atoms with Gasteiger partial charge in [-0.05, 0) is 6.26 Å². The largest absolute Gasteiger partial charge is 0.331 e. The van der Waals surface area contributed by atoms with Gasteiger partial charge in [0.25, 0.3) is 0 Å². The molecule has 0 aliphatic carbocycles. The highest BCUT2D eigenvalue weighted by molar-refractivity contribution is 7.99. The molecule has 1 heterocycles. The van der Waals surface area contributed by atoms with Gasteiger partial charge in [-0.25, -0.2) is 0 Å². The van der Waals surface area contributed by atoms with E-state index in [1.165, 1.54) is 0 Å². The second-order valence-electron chi connectivity index (χ2n) is 1.56. The Hall–Kier alpha value is -0.220. The molecule has 1 rings (SSSR count). The first-order chi connectivity index (χ1) is 3.83. The lowest BCUT2D eigenvalue weighted by Gasteiger charge is -2.02. The zero-order chi connectivity index (χ0) is 5.98. The number of thioether (sulfide) groups is 1. The highest BCUT2D eigenvalue weighted by Gasteiger charge is 2.17. The molecule has 3 nitrogen and oxygen atoms in total. The highest BCUT2D eigenvalue weighted by Crippen LogP contribution is 2.01. The molecule has 0 saturated carbocycles. The summed E-state index contributed by atoms with van der Waals surface area (Å²) in [5, 5.41) is 5.67. The fourth-order valence-corrected chi connectivity index (χ4v) is 1.08. The van der Waals surface area contributed by atoms with Crippen molar-refractivity contribution in [3.63, 3.8) is 0 Å². The Kier molecular flexibility index (Phi) is 1.75. The number of hydrogen-bond donors (Lipinski definition) is 2. The lowest BCUT2D eigenvalue weighted by atomic mass is 10.7. The molecule has 0 radical (unpaired) electrons. The number of hydrogen-bond acceptors (Lipinski definition) is 3. The van der Waals surface area contributed by atoms with Crippen molar-refractivity contribution >= 4 is 17.7 Å². The zero-order valence-electron chi connectivity index (χ0n) is 4.60. The molecule has 1 fully saturated rings. The minimum absolute atomic E-state index is 0.0874. The highest BCUT2D eigenvalue weighted by atomic mass is 32.2. The van der Waals surface area contributed by atoms with E-state index < -0.39 is 0 Å². The lowest BCUT2D eigenvalue weighted by Crippen LogP contribution is -2.27. The van der Waals surface area contributed by atoms with Gasteiger partial charge >= 0.3 is 0 Å². The minimum Gasteiger partial charge on any atom is -0.331 e. The second-order valence-corrected chi connectivity index (χ2v) is 2.51. The Bertz CT molecular complexity index is 106. The number of amides is 1. The fraction of sp³-hybridized carbons (Fsp3) is 0.750. The summed E-state index contributed by atoms with van der Waals surface area (Å²) in [5.74, 6) is 0.0874. The Morgan fingerprint density at radius 1 is 1.88 bits per heavy atom. The van der Waals surface area contributed by atoms with Crippen molar-refractivity contribution in [2.24, 2.45) is 0 Å². The molecule has 46 valence electrons. The molecule has 1 saturated heterocycles. The van der Waals surface area contributed by atoms with Crippen LogP contribution in [-0.2, 0) is 4.79 Å². The molecular weight excluding hydrogens is 124 g/mol. The van der Waals surface area contributed by atoms with Crippen molar-refractivity contribution in [2.75, 3.05) is 12.8 Å². The van der Waals surface area contributed by atoms with Crippen molar-refractivity contribution in [3.05, 3.63) is 0 Å². The van der Waals surface area contributed by atoms with Gasteiger partial charge in [-0.2, -0.15) is 0 Å². The van der Waals surface area contributed by atoms with Crippen LogP contribution in [0.15, 0.2) is 0 Å². The Morgan fingerprint density at radius 2 is 2.62 bits per heavy atom. The monoisotopic (exact) mass is 132 g/mol. The molecule has 0 aromatic carbocycles. The Morgan fingerprint density at radius 3 is 2.88 bits per heavy atom. The molecule has 8 heavy (non-hydrogen) atoms. The van der Waals surface area contributed by atoms with Crippen molar-refractivity contribution in [1.82, 2.24) is 10.6 Å². The quantitative estimate of drug-likeness (QED) is 0.498. The number of carbonyl (C=O) groups excluding carboxylic acids is 1. The molecule has 1 unspecified atom stereocenters. The van der Waals surface area contributed by atoms with Crippen LogP contribution in [0.3, 0.4) is 0 Å². The average molecular weight is 132 g/mol. The van der Waals surface area contributed by atoms with E-state index in [0.29, 0.717) is 6.54 Å². The van der Waals surface area contributed by atoms with Gasteiger partial charge in [0.05, 0.1) is 6.54 Å². The van der Waals surface area contributed by atoms with Crippen LogP contribution in [0, 0.1) is 0 Å². The first-order valence-electron chi connectivity index (χ1n) is 2.38. The van der Waals surface area contributed by atoms with Crippen LogP contribution in [0.1, 0.15) is 0 Å². The van der Waals surface area contributed by atoms with Gasteiger partial charge in [-0.3, -0.25) is 10.1 Å². The van der Waals surface area contributed by atoms with Crippen LogP contribution in [0.25, 0.3) is 0 Å². The molecule has 1 amide bonds. The van der Waals surface area contributed by atoms with Gasteiger partial charge in [0.1, 0.15) is 5.50 Å². The molecule has 1 aliphatic rings. The molecule has 0 bridgehead atoms. The summed E-state index contributed by atoms with van der Waals surface area (Å²) in [6.45, 7) is 0.464. The topological polar surface area (TPSA) is 41.1 Å². The van der Waals surface area contributed by atoms with Gasteiger partial charge in [0.2, 0.25) is 5.91 Å². The summed E-state index contributed by atoms with van der Waals surface area (Å²) in [5.41, 5.74) is 0.141. The van der Waals surface area contributed by atoms with E-state index in [9.17, 15) is 4.79 Å². The standard InChI is InChI=1S/C4H8N2OS/c1-8-4-5-2-3(7)6-4/h4-5H,2H2,1H3,(H,6,7). The number of nitrogens with one attached hydrogen (secondary N) is 2. The van der Waals surface area contributed by atoms with E-state index in [1.807, 2.05) is 6.26 Å². The number of carbonyl (C=O) groups is 1. The lowest BCUT2D eigenvalue weighted by molar-refractivity contribution is -0.118. The van der Waals surface area contributed by atoms with Crippen LogP contribution < -0.4 is 10.6 Å². The third kappa shape index (κ3) is 1.14. The molecule has 4 heteroatoms. The fourth-order valence-electron chi connectivity index (χ4n) is 0.576. The Labute approximate surface area is 52.2 Å². The van der Waals surface area contributed by atoms with E-state index in [2.05, 4.69) is 10.6 Å². The van der Waals surface area contributed by atoms with E-state index >= 15 is 0 Å². The van der Waals surface area contributed by atoms with Crippen LogP contribution in [0.4, 0.5) is 0 Å². The maximum absolute atomic E-state index is 10.4. The first-order valence-corrected chi connectivity index (χ1v) is 3.67. The van der Waals surface area contributed by atoms with E-state index in [1.54, 1.807) is 11.8 Å². The SMILES string of the molecule is CSC1NCC(=O)N1. The molecule has 2 N–H and O–H groups in total.